The molecule has 3 aromatic carbocycles. The highest BCUT2D eigenvalue weighted by atomic mass is 79.9. The molecule has 0 aliphatic rings. The van der Waals surface area contributed by atoms with E-state index < -0.39 is 0 Å². The van der Waals surface area contributed by atoms with Crippen molar-refractivity contribution in [3.05, 3.63) is 87.4 Å². The largest absolute Gasteiger partial charge is 0.483 e. The van der Waals surface area contributed by atoms with Crippen molar-refractivity contribution >= 4 is 44.8 Å². The molecule has 6 heteroatoms. The molecule has 0 saturated heterocycles. The minimum absolute atomic E-state index is 0.0607. The Morgan fingerprint density at radius 3 is 2.36 bits per heavy atom. The molecule has 2 N–H and O–H groups in total. The number of anilines is 2. The summed E-state index contributed by atoms with van der Waals surface area (Å²) in [6.07, 6.45) is 0. The van der Waals surface area contributed by atoms with Crippen LogP contribution < -0.4 is 15.4 Å². The van der Waals surface area contributed by atoms with Gasteiger partial charge in [-0.05, 0) is 76.9 Å². The summed E-state index contributed by atoms with van der Waals surface area (Å²) in [7, 11) is 0. The molecule has 0 saturated carbocycles. The molecule has 0 aromatic heterocycles. The summed E-state index contributed by atoms with van der Waals surface area (Å²) < 4.78 is 6.43. The van der Waals surface area contributed by atoms with E-state index in [4.69, 9.17) is 16.3 Å². The van der Waals surface area contributed by atoms with E-state index in [1.807, 2.05) is 73.7 Å². The second-order valence-corrected chi connectivity index (χ2v) is 7.62. The number of hydrogen-bond donors (Lipinski definition) is 2. The van der Waals surface area contributed by atoms with Crippen LogP contribution in [-0.2, 0) is 11.3 Å². The summed E-state index contributed by atoms with van der Waals surface area (Å²) in [5.74, 6) is 0.415. The lowest BCUT2D eigenvalue weighted by molar-refractivity contribution is -0.118. The highest BCUT2D eigenvalue weighted by Gasteiger charge is 2.07. The zero-order valence-corrected chi connectivity index (χ0v) is 17.7. The first kappa shape index (κ1) is 20.2. The predicted octanol–water partition coefficient (Wildman–Crippen LogP) is 6.04. The summed E-state index contributed by atoms with van der Waals surface area (Å²) in [5, 5.41) is 6.86. The van der Waals surface area contributed by atoms with Crippen LogP contribution in [-0.4, -0.2) is 12.5 Å². The van der Waals surface area contributed by atoms with Crippen molar-refractivity contribution < 1.29 is 9.53 Å². The van der Waals surface area contributed by atoms with Crippen LogP contribution in [0.4, 0.5) is 11.4 Å². The lowest BCUT2D eigenvalue weighted by Crippen LogP contribution is -2.20. The smallest absolute Gasteiger partial charge is 0.262 e. The first-order valence-electron chi connectivity index (χ1n) is 8.77. The molecule has 0 aliphatic heterocycles. The molecule has 0 fully saturated rings. The highest BCUT2D eigenvalue weighted by Crippen LogP contribution is 2.26. The average molecular weight is 460 g/mol. The van der Waals surface area contributed by atoms with Gasteiger partial charge >= 0.3 is 0 Å². The van der Waals surface area contributed by atoms with Gasteiger partial charge in [-0.25, -0.2) is 0 Å². The van der Waals surface area contributed by atoms with E-state index in [-0.39, 0.29) is 12.5 Å². The van der Waals surface area contributed by atoms with Crippen LogP contribution in [0.25, 0.3) is 0 Å². The van der Waals surface area contributed by atoms with Crippen molar-refractivity contribution in [3.8, 4) is 5.75 Å². The Labute approximate surface area is 178 Å². The minimum atomic E-state index is -0.204. The van der Waals surface area contributed by atoms with E-state index in [0.717, 1.165) is 27.0 Å². The van der Waals surface area contributed by atoms with E-state index in [1.54, 1.807) is 0 Å². The van der Waals surface area contributed by atoms with Gasteiger partial charge in [-0.2, -0.15) is 0 Å². The monoisotopic (exact) mass is 458 g/mol. The number of halogens is 2. The first-order valence-corrected chi connectivity index (χ1v) is 9.94. The summed E-state index contributed by atoms with van der Waals surface area (Å²) >= 11 is 9.40. The number of hydrogen-bond acceptors (Lipinski definition) is 3. The molecule has 144 valence electrons. The van der Waals surface area contributed by atoms with Crippen molar-refractivity contribution in [2.45, 2.75) is 13.5 Å². The number of nitrogens with one attached hydrogen (secondary N) is 2. The third-order valence-corrected chi connectivity index (χ3v) is 4.90. The normalized spacial score (nSPS) is 10.4. The lowest BCUT2D eigenvalue weighted by atomic mass is 10.2. The van der Waals surface area contributed by atoms with Crippen LogP contribution in [0.2, 0.25) is 5.02 Å². The molecule has 3 aromatic rings. The van der Waals surface area contributed by atoms with Gasteiger partial charge < -0.3 is 15.4 Å². The van der Waals surface area contributed by atoms with Crippen LogP contribution in [0.3, 0.4) is 0 Å². The van der Waals surface area contributed by atoms with Crippen LogP contribution in [0.15, 0.2) is 71.2 Å². The summed E-state index contributed by atoms with van der Waals surface area (Å²) in [6.45, 7) is 2.60. The SMILES string of the molecule is Cc1ccc(NC(=O)COc2ccc(CNc3ccc(Cl)cc3)cc2Br)cc1. The Kier molecular flexibility index (Phi) is 6.95. The molecular formula is C22H20BrClN2O2. The molecule has 0 bridgehead atoms. The maximum absolute atomic E-state index is 12.1. The number of amides is 1. The molecule has 0 spiro atoms. The van der Waals surface area contributed by atoms with E-state index >= 15 is 0 Å². The zero-order valence-electron chi connectivity index (χ0n) is 15.3. The number of aryl methyl sites for hydroxylation is 1. The van der Waals surface area contributed by atoms with Gasteiger partial charge in [0.1, 0.15) is 5.75 Å². The summed E-state index contributed by atoms with van der Waals surface area (Å²) in [4.78, 5) is 12.1. The Balaban J connectivity index is 1.51. The highest BCUT2D eigenvalue weighted by molar-refractivity contribution is 9.10. The number of carbonyl (C=O) groups is 1. The van der Waals surface area contributed by atoms with Gasteiger partial charge in [0.15, 0.2) is 6.61 Å². The second kappa shape index (κ2) is 9.62. The number of benzene rings is 3. The Morgan fingerprint density at radius 2 is 1.68 bits per heavy atom. The van der Waals surface area contributed by atoms with E-state index in [9.17, 15) is 4.79 Å². The molecule has 0 heterocycles. The fourth-order valence-electron chi connectivity index (χ4n) is 2.52. The van der Waals surface area contributed by atoms with E-state index in [2.05, 4.69) is 26.6 Å². The van der Waals surface area contributed by atoms with Crippen molar-refractivity contribution in [2.24, 2.45) is 0 Å². The van der Waals surface area contributed by atoms with Crippen molar-refractivity contribution in [1.29, 1.82) is 0 Å². The van der Waals surface area contributed by atoms with Crippen LogP contribution in [0.5, 0.6) is 5.75 Å². The fraction of sp³-hybridized carbons (Fsp3) is 0.136. The maximum atomic E-state index is 12.1. The molecule has 3 rings (SSSR count). The fourth-order valence-corrected chi connectivity index (χ4v) is 3.19. The third kappa shape index (κ3) is 6.01. The molecule has 0 aliphatic carbocycles. The van der Waals surface area contributed by atoms with Gasteiger partial charge in [0.25, 0.3) is 5.91 Å². The number of ether oxygens (including phenoxy) is 1. The molecule has 28 heavy (non-hydrogen) atoms. The van der Waals surface area contributed by atoms with Crippen molar-refractivity contribution in [2.75, 3.05) is 17.2 Å². The number of carbonyl (C=O) groups excluding carboxylic acids is 1. The Hall–Kier alpha value is -2.50. The van der Waals surface area contributed by atoms with Gasteiger partial charge in [-0.1, -0.05) is 35.4 Å². The summed E-state index contributed by atoms with van der Waals surface area (Å²) in [6, 6.07) is 21.0. The zero-order chi connectivity index (χ0) is 19.9. The molecule has 1 amide bonds. The minimum Gasteiger partial charge on any atom is -0.483 e. The Morgan fingerprint density at radius 1 is 1.00 bits per heavy atom. The average Bonchev–Trinajstić information content (AvgIpc) is 2.68. The predicted molar refractivity (Wildman–Crippen MR) is 118 cm³/mol. The van der Waals surface area contributed by atoms with E-state index in [1.165, 1.54) is 0 Å². The van der Waals surface area contributed by atoms with Gasteiger partial charge in [0, 0.05) is 22.9 Å². The van der Waals surface area contributed by atoms with Crippen LogP contribution in [0, 0.1) is 6.92 Å². The number of rotatable bonds is 7. The molecule has 4 nitrogen and oxygen atoms in total. The quantitative estimate of drug-likeness (QED) is 0.453. The van der Waals surface area contributed by atoms with Crippen LogP contribution in [0.1, 0.15) is 11.1 Å². The first-order chi connectivity index (χ1) is 13.5. The van der Waals surface area contributed by atoms with Crippen LogP contribution >= 0.6 is 27.5 Å². The van der Waals surface area contributed by atoms with Gasteiger partial charge in [-0.15, -0.1) is 0 Å². The van der Waals surface area contributed by atoms with Gasteiger partial charge in [0.2, 0.25) is 0 Å². The molecular weight excluding hydrogens is 440 g/mol. The van der Waals surface area contributed by atoms with Crippen molar-refractivity contribution in [3.63, 3.8) is 0 Å². The molecule has 0 radical (unpaired) electrons. The molecule has 0 unspecified atom stereocenters. The lowest BCUT2D eigenvalue weighted by Gasteiger charge is -2.11. The second-order valence-electron chi connectivity index (χ2n) is 6.33. The van der Waals surface area contributed by atoms with Gasteiger partial charge in [0.05, 0.1) is 4.47 Å². The third-order valence-electron chi connectivity index (χ3n) is 4.03. The van der Waals surface area contributed by atoms with Gasteiger partial charge in [-0.3, -0.25) is 4.79 Å². The Bertz CT molecular complexity index is 944. The standard InChI is InChI=1S/C22H20BrClN2O2/c1-15-2-7-19(8-3-15)26-22(27)14-28-21-11-4-16(12-20(21)23)13-25-18-9-5-17(24)6-10-18/h2-12,25H,13-14H2,1H3,(H,26,27). The van der Waals surface area contributed by atoms with Crippen molar-refractivity contribution in [1.82, 2.24) is 0 Å². The topological polar surface area (TPSA) is 50.4 Å². The molecule has 0 atom stereocenters. The summed E-state index contributed by atoms with van der Waals surface area (Å²) in [5.41, 5.74) is 3.97. The van der Waals surface area contributed by atoms with E-state index in [0.29, 0.717) is 17.3 Å². The maximum Gasteiger partial charge on any atom is 0.262 e.